The predicted molar refractivity (Wildman–Crippen MR) is 135 cm³/mol. The SMILES string of the molecule is CCC(=O)NCc1ccc(C2=NOC(c3cc(Cl)cc(Cl)c3)(C(F)(F)F)C2)cc1-c1ccc(C#N)cc1. The Labute approximate surface area is 221 Å². The first-order chi connectivity index (χ1) is 17.6. The lowest BCUT2D eigenvalue weighted by Crippen LogP contribution is -2.42. The molecule has 0 aliphatic carbocycles. The van der Waals surface area contributed by atoms with E-state index in [4.69, 9.17) is 33.3 Å². The van der Waals surface area contributed by atoms with E-state index in [2.05, 4.69) is 16.5 Å². The maximum Gasteiger partial charge on any atom is 0.435 e. The summed E-state index contributed by atoms with van der Waals surface area (Å²) in [7, 11) is 0. The molecule has 0 spiro atoms. The zero-order chi connectivity index (χ0) is 26.8. The number of carbonyl (C=O) groups excluding carboxylic acids is 1. The average molecular weight is 546 g/mol. The first-order valence-electron chi connectivity index (χ1n) is 11.2. The molecule has 3 aromatic rings. The summed E-state index contributed by atoms with van der Waals surface area (Å²) in [6.07, 6.45) is -5.09. The van der Waals surface area contributed by atoms with E-state index in [0.717, 1.165) is 11.1 Å². The normalized spacial score (nSPS) is 17.1. The van der Waals surface area contributed by atoms with Crippen LogP contribution in [0, 0.1) is 11.3 Å². The highest BCUT2D eigenvalue weighted by molar-refractivity contribution is 6.34. The van der Waals surface area contributed by atoms with Gasteiger partial charge in [0.25, 0.3) is 5.60 Å². The molecule has 1 amide bonds. The second kappa shape index (κ2) is 10.4. The highest BCUT2D eigenvalue weighted by Crippen LogP contribution is 2.50. The lowest BCUT2D eigenvalue weighted by Gasteiger charge is -2.29. The molecular weight excluding hydrogens is 526 g/mol. The number of hydrogen-bond donors (Lipinski definition) is 1. The summed E-state index contributed by atoms with van der Waals surface area (Å²) < 4.78 is 43.2. The van der Waals surface area contributed by atoms with Gasteiger partial charge in [0.1, 0.15) is 0 Å². The Bertz CT molecular complexity index is 1400. The molecule has 0 fully saturated rings. The molecule has 37 heavy (non-hydrogen) atoms. The number of oxime groups is 1. The molecule has 0 saturated carbocycles. The van der Waals surface area contributed by atoms with Crippen LogP contribution >= 0.6 is 23.2 Å². The molecule has 0 saturated heterocycles. The average Bonchev–Trinajstić information content (AvgIpc) is 3.34. The Hall–Kier alpha value is -3.54. The van der Waals surface area contributed by atoms with Crippen LogP contribution in [0.5, 0.6) is 0 Å². The molecule has 4 rings (SSSR count). The van der Waals surface area contributed by atoms with Crippen molar-refractivity contribution in [2.24, 2.45) is 5.16 Å². The Morgan fingerprint density at radius 2 is 1.73 bits per heavy atom. The highest BCUT2D eigenvalue weighted by atomic mass is 35.5. The van der Waals surface area contributed by atoms with E-state index in [0.29, 0.717) is 23.1 Å². The van der Waals surface area contributed by atoms with E-state index in [1.807, 2.05) is 0 Å². The fourth-order valence-corrected chi connectivity index (χ4v) is 4.59. The third kappa shape index (κ3) is 5.43. The van der Waals surface area contributed by atoms with E-state index in [-0.39, 0.29) is 33.8 Å². The van der Waals surface area contributed by atoms with Gasteiger partial charge in [-0.1, -0.05) is 59.5 Å². The fraction of sp³-hybridized carbons (Fsp3) is 0.222. The van der Waals surface area contributed by atoms with Crippen molar-refractivity contribution in [1.82, 2.24) is 5.32 Å². The van der Waals surface area contributed by atoms with E-state index in [1.54, 1.807) is 49.4 Å². The van der Waals surface area contributed by atoms with Gasteiger partial charge in [-0.2, -0.15) is 18.4 Å². The monoisotopic (exact) mass is 545 g/mol. The number of hydrogen-bond acceptors (Lipinski definition) is 4. The molecule has 1 atom stereocenters. The summed E-state index contributed by atoms with van der Waals surface area (Å²) >= 11 is 12.0. The number of carbonyl (C=O) groups is 1. The minimum atomic E-state index is -4.81. The minimum absolute atomic E-state index is 0.0461. The molecule has 1 aliphatic heterocycles. The van der Waals surface area contributed by atoms with Crippen LogP contribution in [0.2, 0.25) is 10.0 Å². The molecular formula is C27H20Cl2F3N3O2. The van der Waals surface area contributed by atoms with Crippen LogP contribution in [0.1, 0.15) is 42.0 Å². The second-order valence-corrected chi connectivity index (χ2v) is 9.35. The molecule has 0 aromatic heterocycles. The summed E-state index contributed by atoms with van der Waals surface area (Å²) in [6.45, 7) is 1.96. The van der Waals surface area contributed by atoms with Gasteiger partial charge >= 0.3 is 6.18 Å². The van der Waals surface area contributed by atoms with Gasteiger partial charge in [-0.25, -0.2) is 0 Å². The zero-order valence-corrected chi connectivity index (χ0v) is 21.0. The lowest BCUT2D eigenvalue weighted by atomic mass is 9.85. The smallest absolute Gasteiger partial charge is 0.374 e. The predicted octanol–water partition coefficient (Wildman–Crippen LogP) is 7.14. The summed E-state index contributed by atoms with van der Waals surface area (Å²) in [4.78, 5) is 17.0. The molecule has 10 heteroatoms. The summed E-state index contributed by atoms with van der Waals surface area (Å²) in [5.41, 5.74) is 0.127. The Morgan fingerprint density at radius 3 is 2.32 bits per heavy atom. The lowest BCUT2D eigenvalue weighted by molar-refractivity contribution is -0.275. The molecule has 1 N–H and O–H groups in total. The standard InChI is InChI=1S/C27H20Cl2F3N3O2/c1-2-25(36)34-15-19-8-7-18(9-23(19)17-5-3-16(14-33)4-6-17)24-13-26(37-35-24,27(30,31)32)20-10-21(28)12-22(29)11-20/h3-12H,2,13,15H2,1H3,(H,34,36). The first-order valence-corrected chi connectivity index (χ1v) is 12.0. The maximum atomic E-state index is 14.4. The van der Waals surface area contributed by atoms with Crippen molar-refractivity contribution >= 4 is 34.8 Å². The van der Waals surface area contributed by atoms with Crippen LogP contribution in [0.4, 0.5) is 13.2 Å². The van der Waals surface area contributed by atoms with Gasteiger partial charge in [0.05, 0.1) is 17.3 Å². The maximum absolute atomic E-state index is 14.4. The van der Waals surface area contributed by atoms with Crippen LogP contribution in [-0.4, -0.2) is 17.8 Å². The topological polar surface area (TPSA) is 74.5 Å². The molecule has 1 heterocycles. The summed E-state index contributed by atoms with van der Waals surface area (Å²) in [5, 5.41) is 15.9. The van der Waals surface area contributed by atoms with Crippen LogP contribution in [0.15, 0.2) is 65.8 Å². The van der Waals surface area contributed by atoms with Gasteiger partial charge in [-0.05, 0) is 53.1 Å². The van der Waals surface area contributed by atoms with E-state index in [1.165, 1.54) is 18.2 Å². The Balaban J connectivity index is 1.74. The molecule has 1 unspecified atom stereocenters. The van der Waals surface area contributed by atoms with E-state index in [9.17, 15) is 18.0 Å². The van der Waals surface area contributed by atoms with Crippen molar-refractivity contribution in [2.75, 3.05) is 0 Å². The van der Waals surface area contributed by atoms with Crippen molar-refractivity contribution in [3.8, 4) is 17.2 Å². The minimum Gasteiger partial charge on any atom is -0.374 e. The van der Waals surface area contributed by atoms with Crippen molar-refractivity contribution < 1.29 is 22.8 Å². The molecule has 0 bridgehead atoms. The van der Waals surface area contributed by atoms with Gasteiger partial charge in [0.15, 0.2) is 0 Å². The number of rotatable bonds is 6. The third-order valence-electron chi connectivity index (χ3n) is 6.08. The van der Waals surface area contributed by atoms with Gasteiger partial charge in [0, 0.05) is 40.6 Å². The van der Waals surface area contributed by atoms with Crippen molar-refractivity contribution in [3.63, 3.8) is 0 Å². The van der Waals surface area contributed by atoms with Crippen molar-refractivity contribution in [1.29, 1.82) is 5.26 Å². The number of nitriles is 1. The molecule has 5 nitrogen and oxygen atoms in total. The van der Waals surface area contributed by atoms with Gasteiger partial charge in [-0.3, -0.25) is 4.79 Å². The largest absolute Gasteiger partial charge is 0.435 e. The molecule has 0 radical (unpaired) electrons. The number of alkyl halides is 3. The first kappa shape index (κ1) is 26.5. The number of amides is 1. The van der Waals surface area contributed by atoms with Crippen LogP contribution in [0.3, 0.4) is 0 Å². The summed E-state index contributed by atoms with van der Waals surface area (Å²) in [5.74, 6) is -0.140. The van der Waals surface area contributed by atoms with Crippen molar-refractivity contribution in [2.45, 2.75) is 38.1 Å². The fourth-order valence-electron chi connectivity index (χ4n) is 4.07. The van der Waals surface area contributed by atoms with Crippen LogP contribution in [-0.2, 0) is 21.8 Å². The number of benzene rings is 3. The van der Waals surface area contributed by atoms with Gasteiger partial charge in [0.2, 0.25) is 5.91 Å². The van der Waals surface area contributed by atoms with E-state index >= 15 is 0 Å². The van der Waals surface area contributed by atoms with Gasteiger partial charge < -0.3 is 10.2 Å². The third-order valence-corrected chi connectivity index (χ3v) is 6.52. The number of nitrogens with one attached hydrogen (secondary N) is 1. The number of halogens is 5. The molecule has 3 aromatic carbocycles. The van der Waals surface area contributed by atoms with Crippen LogP contribution in [0.25, 0.3) is 11.1 Å². The molecule has 190 valence electrons. The van der Waals surface area contributed by atoms with E-state index < -0.39 is 18.2 Å². The van der Waals surface area contributed by atoms with Gasteiger partial charge in [-0.15, -0.1) is 0 Å². The second-order valence-electron chi connectivity index (χ2n) is 8.48. The number of nitrogens with zero attached hydrogens (tertiary/aromatic N) is 2. The zero-order valence-electron chi connectivity index (χ0n) is 19.5. The quantitative estimate of drug-likeness (QED) is 0.357. The Morgan fingerprint density at radius 1 is 1.08 bits per heavy atom. The Kier molecular flexibility index (Phi) is 7.49. The van der Waals surface area contributed by atoms with Crippen molar-refractivity contribution in [3.05, 3.63) is 93.0 Å². The highest BCUT2D eigenvalue weighted by Gasteiger charge is 2.62. The van der Waals surface area contributed by atoms with Crippen LogP contribution < -0.4 is 5.32 Å². The summed E-state index contributed by atoms with van der Waals surface area (Å²) in [6, 6.07) is 17.6. The molecule has 1 aliphatic rings.